The number of alkyl halides is 3. The van der Waals surface area contributed by atoms with Crippen LogP contribution in [0.25, 0.3) is 0 Å². The van der Waals surface area contributed by atoms with Gasteiger partial charge in [-0.2, -0.15) is 0 Å². The number of carbonyl (C=O) groups is 1. The fraction of sp³-hybridized carbons (Fsp3) is 0.364. The lowest BCUT2D eigenvalue weighted by molar-refractivity contribution is -0.274. The van der Waals surface area contributed by atoms with Crippen LogP contribution in [0.5, 0.6) is 11.5 Å². The van der Waals surface area contributed by atoms with Crippen LogP contribution in [-0.4, -0.2) is 18.8 Å². The van der Waals surface area contributed by atoms with Crippen LogP contribution in [0.15, 0.2) is 18.2 Å². The van der Waals surface area contributed by atoms with E-state index in [2.05, 4.69) is 4.74 Å². The summed E-state index contributed by atoms with van der Waals surface area (Å²) in [6, 6.07) is 3.40. The van der Waals surface area contributed by atoms with Crippen molar-refractivity contribution in [2.24, 2.45) is 0 Å². The molecule has 1 aromatic carbocycles. The van der Waals surface area contributed by atoms with Crippen molar-refractivity contribution in [2.75, 3.05) is 0 Å². The highest BCUT2D eigenvalue weighted by Crippen LogP contribution is 2.32. The molecule has 1 aliphatic carbocycles. The van der Waals surface area contributed by atoms with E-state index >= 15 is 0 Å². The second-order valence-electron chi connectivity index (χ2n) is 3.68. The van der Waals surface area contributed by atoms with Crippen LogP contribution in [-0.2, 0) is 0 Å². The normalized spacial score (nSPS) is 15.5. The van der Waals surface area contributed by atoms with E-state index in [4.69, 9.17) is 4.74 Å². The molecule has 17 heavy (non-hydrogen) atoms. The van der Waals surface area contributed by atoms with Crippen LogP contribution in [0, 0.1) is 0 Å². The van der Waals surface area contributed by atoms with Gasteiger partial charge in [-0.15, -0.1) is 13.2 Å². The van der Waals surface area contributed by atoms with Gasteiger partial charge in [-0.3, -0.25) is 4.79 Å². The monoisotopic (exact) mass is 246 g/mol. The largest absolute Gasteiger partial charge is 0.573 e. The van der Waals surface area contributed by atoms with E-state index in [0.717, 1.165) is 25.0 Å². The maximum Gasteiger partial charge on any atom is 0.573 e. The summed E-state index contributed by atoms with van der Waals surface area (Å²) >= 11 is 0. The van der Waals surface area contributed by atoms with Crippen LogP contribution in [0.1, 0.15) is 23.2 Å². The Labute approximate surface area is 95.1 Å². The molecule has 0 atom stereocenters. The Bertz CT molecular complexity index is 424. The molecular formula is C11H9F3O3. The summed E-state index contributed by atoms with van der Waals surface area (Å²) in [5, 5.41) is 0. The molecule has 0 aromatic heterocycles. The third-order valence-corrected chi connectivity index (χ3v) is 2.16. The van der Waals surface area contributed by atoms with Gasteiger partial charge >= 0.3 is 6.36 Å². The van der Waals surface area contributed by atoms with Crippen molar-refractivity contribution in [3.8, 4) is 11.5 Å². The van der Waals surface area contributed by atoms with Gasteiger partial charge in [0.15, 0.2) is 6.29 Å². The topological polar surface area (TPSA) is 35.5 Å². The molecule has 0 aliphatic heterocycles. The molecule has 1 aromatic rings. The van der Waals surface area contributed by atoms with E-state index in [0.29, 0.717) is 6.29 Å². The molecule has 2 rings (SSSR count). The fourth-order valence-electron chi connectivity index (χ4n) is 1.28. The zero-order valence-electron chi connectivity index (χ0n) is 8.66. The number of hydrogen-bond acceptors (Lipinski definition) is 3. The van der Waals surface area contributed by atoms with Crippen LogP contribution >= 0.6 is 0 Å². The van der Waals surface area contributed by atoms with Crippen LogP contribution in [0.4, 0.5) is 13.2 Å². The molecule has 3 nitrogen and oxygen atoms in total. The molecule has 0 N–H and O–H groups in total. The van der Waals surface area contributed by atoms with Gasteiger partial charge in [0.2, 0.25) is 0 Å². The highest BCUT2D eigenvalue weighted by Gasteiger charge is 2.32. The molecular weight excluding hydrogens is 237 g/mol. The number of halogens is 3. The van der Waals surface area contributed by atoms with E-state index in [1.54, 1.807) is 0 Å². The fourth-order valence-corrected chi connectivity index (χ4v) is 1.28. The number of benzene rings is 1. The summed E-state index contributed by atoms with van der Waals surface area (Å²) in [6.07, 6.45) is -2.52. The summed E-state index contributed by atoms with van der Waals surface area (Å²) in [4.78, 5) is 10.7. The summed E-state index contributed by atoms with van der Waals surface area (Å²) in [5.41, 5.74) is 0.214. The standard InChI is InChI=1S/C11H9F3O3/c12-11(13,14)17-9-2-1-7(6-15)10(5-9)16-8-3-4-8/h1-2,5-6,8H,3-4H2. The van der Waals surface area contributed by atoms with Gasteiger partial charge in [0.25, 0.3) is 0 Å². The SMILES string of the molecule is O=Cc1ccc(OC(F)(F)F)cc1OC1CC1. The maximum absolute atomic E-state index is 12.0. The van der Waals surface area contributed by atoms with Crippen molar-refractivity contribution in [1.29, 1.82) is 0 Å². The number of carbonyl (C=O) groups excluding carboxylic acids is 1. The highest BCUT2D eigenvalue weighted by molar-refractivity contribution is 5.79. The zero-order valence-corrected chi connectivity index (χ0v) is 8.66. The second kappa shape index (κ2) is 4.27. The van der Waals surface area contributed by atoms with Gasteiger partial charge in [-0.25, -0.2) is 0 Å². The van der Waals surface area contributed by atoms with Gasteiger partial charge in [0.1, 0.15) is 11.5 Å². The smallest absolute Gasteiger partial charge is 0.490 e. The molecule has 92 valence electrons. The minimum absolute atomic E-state index is 0.00478. The van der Waals surface area contributed by atoms with Crippen LogP contribution in [0.3, 0.4) is 0 Å². The molecule has 6 heteroatoms. The molecule has 0 saturated heterocycles. The van der Waals surface area contributed by atoms with Gasteiger partial charge < -0.3 is 9.47 Å². The Kier molecular flexibility index (Phi) is 2.95. The number of rotatable bonds is 4. The quantitative estimate of drug-likeness (QED) is 0.766. The van der Waals surface area contributed by atoms with Crippen LogP contribution in [0.2, 0.25) is 0 Å². The molecule has 0 spiro atoms. The Hall–Kier alpha value is -1.72. The van der Waals surface area contributed by atoms with Crippen molar-refractivity contribution < 1.29 is 27.4 Å². The lowest BCUT2D eigenvalue weighted by Crippen LogP contribution is -2.17. The van der Waals surface area contributed by atoms with E-state index < -0.39 is 12.1 Å². The van der Waals surface area contributed by atoms with Crippen molar-refractivity contribution in [2.45, 2.75) is 25.3 Å². The van der Waals surface area contributed by atoms with E-state index in [1.807, 2.05) is 0 Å². The van der Waals surface area contributed by atoms with Crippen molar-refractivity contribution in [3.63, 3.8) is 0 Å². The summed E-state index contributed by atoms with van der Waals surface area (Å²) in [5.74, 6) is -0.261. The number of aldehydes is 1. The first-order valence-corrected chi connectivity index (χ1v) is 4.99. The zero-order chi connectivity index (χ0) is 12.5. The van der Waals surface area contributed by atoms with Crippen molar-refractivity contribution in [1.82, 2.24) is 0 Å². The van der Waals surface area contributed by atoms with Crippen LogP contribution < -0.4 is 9.47 Å². The minimum atomic E-state index is -4.75. The Balaban J connectivity index is 2.20. The predicted molar refractivity (Wildman–Crippen MR) is 52.2 cm³/mol. The molecule has 1 fully saturated rings. The molecule has 1 saturated carbocycles. The van der Waals surface area contributed by atoms with Gasteiger partial charge in [0, 0.05) is 6.07 Å². The maximum atomic E-state index is 12.0. The first-order valence-electron chi connectivity index (χ1n) is 4.99. The van der Waals surface area contributed by atoms with Gasteiger partial charge in [0.05, 0.1) is 11.7 Å². The highest BCUT2D eigenvalue weighted by atomic mass is 19.4. The average molecular weight is 246 g/mol. The van der Waals surface area contributed by atoms with Gasteiger partial charge in [-0.05, 0) is 25.0 Å². The third-order valence-electron chi connectivity index (χ3n) is 2.16. The first-order chi connectivity index (χ1) is 7.98. The van der Waals surface area contributed by atoms with Crippen molar-refractivity contribution >= 4 is 6.29 Å². The Morgan fingerprint density at radius 2 is 2.00 bits per heavy atom. The lowest BCUT2D eigenvalue weighted by Gasteiger charge is -2.12. The molecule has 0 amide bonds. The number of hydrogen-bond donors (Lipinski definition) is 0. The first kappa shape index (κ1) is 11.8. The Morgan fingerprint density at radius 1 is 1.29 bits per heavy atom. The average Bonchev–Trinajstić information content (AvgIpc) is 3.00. The molecule has 0 heterocycles. The van der Waals surface area contributed by atoms with Gasteiger partial charge in [-0.1, -0.05) is 0 Å². The third kappa shape index (κ3) is 3.37. The molecule has 0 unspecified atom stereocenters. The lowest BCUT2D eigenvalue weighted by atomic mass is 10.2. The molecule has 0 bridgehead atoms. The molecule has 1 aliphatic rings. The summed E-state index contributed by atoms with van der Waals surface area (Å²) in [6.45, 7) is 0. The predicted octanol–water partition coefficient (Wildman–Crippen LogP) is 2.94. The van der Waals surface area contributed by atoms with E-state index in [-0.39, 0.29) is 17.4 Å². The summed E-state index contributed by atoms with van der Waals surface area (Å²) < 4.78 is 45.1. The minimum Gasteiger partial charge on any atom is -0.490 e. The number of ether oxygens (including phenoxy) is 2. The van der Waals surface area contributed by atoms with Crippen molar-refractivity contribution in [3.05, 3.63) is 23.8 Å². The molecule has 0 radical (unpaired) electrons. The summed E-state index contributed by atoms with van der Waals surface area (Å²) in [7, 11) is 0. The Morgan fingerprint density at radius 3 is 2.53 bits per heavy atom. The second-order valence-corrected chi connectivity index (χ2v) is 3.68. The van der Waals surface area contributed by atoms with E-state index in [9.17, 15) is 18.0 Å². The van der Waals surface area contributed by atoms with E-state index in [1.165, 1.54) is 6.07 Å².